The fourth-order valence-corrected chi connectivity index (χ4v) is 2.61. The maximum absolute atomic E-state index is 12.4. The van der Waals surface area contributed by atoms with Gasteiger partial charge in [0.05, 0.1) is 11.7 Å². The molecule has 1 amide bonds. The summed E-state index contributed by atoms with van der Waals surface area (Å²) < 4.78 is 0. The summed E-state index contributed by atoms with van der Waals surface area (Å²) in [7, 11) is 0. The molecule has 19 heavy (non-hydrogen) atoms. The number of rotatable bonds is 2. The van der Waals surface area contributed by atoms with E-state index in [-0.39, 0.29) is 23.1 Å². The van der Waals surface area contributed by atoms with E-state index in [1.807, 2.05) is 13.0 Å². The lowest BCUT2D eigenvalue weighted by Crippen LogP contribution is -2.53. The van der Waals surface area contributed by atoms with Gasteiger partial charge >= 0.3 is 0 Å². The molecular weight excluding hydrogens is 240 g/mol. The lowest BCUT2D eigenvalue weighted by molar-refractivity contribution is -0.121. The summed E-state index contributed by atoms with van der Waals surface area (Å²) in [6.07, 6.45) is 2.12. The minimum atomic E-state index is -0.221. The molecule has 0 radical (unpaired) electrons. The highest BCUT2D eigenvalue weighted by Gasteiger charge is 2.37. The molecule has 1 unspecified atom stereocenters. The Bertz CT molecular complexity index is 483. The number of benzene rings is 1. The zero-order valence-corrected chi connectivity index (χ0v) is 11.8. The summed E-state index contributed by atoms with van der Waals surface area (Å²) in [5.41, 5.74) is 1.42. The molecule has 1 aromatic rings. The Balaban J connectivity index is 2.14. The first-order valence-electron chi connectivity index (χ1n) is 6.74. The minimum Gasteiger partial charge on any atom is -0.506 e. The van der Waals surface area contributed by atoms with Crippen molar-refractivity contribution in [3.05, 3.63) is 23.8 Å². The molecule has 3 N–H and O–H groups in total. The van der Waals surface area contributed by atoms with E-state index >= 15 is 0 Å². The monoisotopic (exact) mass is 262 g/mol. The Labute approximate surface area is 114 Å². The molecule has 1 heterocycles. The average Bonchev–Trinajstić information content (AvgIpc) is 2.33. The van der Waals surface area contributed by atoms with E-state index in [1.54, 1.807) is 12.1 Å². The van der Waals surface area contributed by atoms with E-state index in [4.69, 9.17) is 0 Å². The summed E-state index contributed by atoms with van der Waals surface area (Å²) in [6, 6.07) is 4.97. The number of hydrogen-bond donors (Lipinski definition) is 3. The van der Waals surface area contributed by atoms with Crippen LogP contribution in [0.2, 0.25) is 0 Å². The second kappa shape index (κ2) is 5.21. The molecule has 1 aliphatic heterocycles. The molecule has 1 fully saturated rings. The Morgan fingerprint density at radius 1 is 1.47 bits per heavy atom. The van der Waals surface area contributed by atoms with Crippen molar-refractivity contribution in [1.29, 1.82) is 0 Å². The number of piperidine rings is 1. The SMILES string of the molecule is Cc1ccc(O)c(NC(=O)C2NCCCC2(C)C)c1. The van der Waals surface area contributed by atoms with Gasteiger partial charge in [-0.15, -0.1) is 0 Å². The number of hydrogen-bond acceptors (Lipinski definition) is 3. The predicted octanol–water partition coefficient (Wildman–Crippen LogP) is 2.42. The smallest absolute Gasteiger partial charge is 0.242 e. The van der Waals surface area contributed by atoms with E-state index in [9.17, 15) is 9.90 Å². The highest BCUT2D eigenvalue weighted by atomic mass is 16.3. The molecular formula is C15H22N2O2. The van der Waals surface area contributed by atoms with Gasteiger partial charge in [-0.05, 0) is 49.4 Å². The van der Waals surface area contributed by atoms with Crippen molar-refractivity contribution in [1.82, 2.24) is 5.32 Å². The number of amides is 1. The van der Waals surface area contributed by atoms with Crippen molar-refractivity contribution in [2.45, 2.75) is 39.7 Å². The number of phenols is 1. The highest BCUT2D eigenvalue weighted by molar-refractivity contribution is 5.96. The maximum atomic E-state index is 12.4. The van der Waals surface area contributed by atoms with Crippen molar-refractivity contribution >= 4 is 11.6 Å². The standard InChI is InChI=1S/C15H22N2O2/c1-10-5-6-12(18)11(9-10)17-14(19)13-15(2,3)7-4-8-16-13/h5-6,9,13,16,18H,4,7-8H2,1-3H3,(H,17,19). The fraction of sp³-hybridized carbons (Fsp3) is 0.533. The van der Waals surface area contributed by atoms with E-state index in [0.717, 1.165) is 24.9 Å². The summed E-state index contributed by atoms with van der Waals surface area (Å²) in [5, 5.41) is 15.9. The van der Waals surface area contributed by atoms with E-state index < -0.39 is 0 Å². The quantitative estimate of drug-likeness (QED) is 0.717. The van der Waals surface area contributed by atoms with Crippen molar-refractivity contribution in [3.63, 3.8) is 0 Å². The molecule has 0 saturated carbocycles. The first kappa shape index (κ1) is 13.9. The molecule has 1 aliphatic rings. The third-order valence-electron chi connectivity index (χ3n) is 3.80. The third kappa shape index (κ3) is 3.07. The zero-order chi connectivity index (χ0) is 14.0. The van der Waals surface area contributed by atoms with Crippen molar-refractivity contribution in [2.75, 3.05) is 11.9 Å². The van der Waals surface area contributed by atoms with Crippen LogP contribution in [0.25, 0.3) is 0 Å². The van der Waals surface area contributed by atoms with Crippen molar-refractivity contribution < 1.29 is 9.90 Å². The van der Waals surface area contributed by atoms with Crippen LogP contribution in [0.5, 0.6) is 5.75 Å². The van der Waals surface area contributed by atoms with Crippen LogP contribution in [-0.2, 0) is 4.79 Å². The first-order valence-corrected chi connectivity index (χ1v) is 6.74. The fourth-order valence-electron chi connectivity index (χ4n) is 2.61. The number of nitrogens with one attached hydrogen (secondary N) is 2. The number of phenolic OH excluding ortho intramolecular Hbond substituents is 1. The third-order valence-corrected chi connectivity index (χ3v) is 3.80. The van der Waals surface area contributed by atoms with Crippen LogP contribution in [0, 0.1) is 12.3 Å². The highest BCUT2D eigenvalue weighted by Crippen LogP contribution is 2.31. The van der Waals surface area contributed by atoms with Crippen molar-refractivity contribution in [2.24, 2.45) is 5.41 Å². The first-order chi connectivity index (χ1) is 8.90. The largest absolute Gasteiger partial charge is 0.506 e. The van der Waals surface area contributed by atoms with Crippen LogP contribution < -0.4 is 10.6 Å². The van der Waals surface area contributed by atoms with Gasteiger partial charge in [-0.2, -0.15) is 0 Å². The Morgan fingerprint density at radius 2 is 2.21 bits per heavy atom. The van der Waals surface area contributed by atoms with E-state index in [1.165, 1.54) is 0 Å². The normalized spacial score (nSPS) is 21.9. The summed E-state index contributed by atoms with van der Waals surface area (Å²) >= 11 is 0. The van der Waals surface area contributed by atoms with Gasteiger partial charge in [0.2, 0.25) is 5.91 Å². The Hall–Kier alpha value is -1.55. The average molecular weight is 262 g/mol. The molecule has 2 rings (SSSR count). The maximum Gasteiger partial charge on any atom is 0.242 e. The molecule has 0 aromatic heterocycles. The number of carbonyl (C=O) groups excluding carboxylic acids is 1. The zero-order valence-electron chi connectivity index (χ0n) is 11.8. The van der Waals surface area contributed by atoms with Gasteiger partial charge in [-0.3, -0.25) is 4.79 Å². The molecule has 104 valence electrons. The van der Waals surface area contributed by atoms with Crippen LogP contribution >= 0.6 is 0 Å². The van der Waals surface area contributed by atoms with Crippen LogP contribution in [0.3, 0.4) is 0 Å². The summed E-state index contributed by atoms with van der Waals surface area (Å²) in [5.74, 6) is 0.0261. The van der Waals surface area contributed by atoms with Gasteiger partial charge in [-0.1, -0.05) is 19.9 Å². The molecule has 1 saturated heterocycles. The second-order valence-corrected chi connectivity index (χ2v) is 5.99. The number of aryl methyl sites for hydroxylation is 1. The lowest BCUT2D eigenvalue weighted by Gasteiger charge is -2.38. The Morgan fingerprint density at radius 3 is 2.89 bits per heavy atom. The van der Waals surface area contributed by atoms with Crippen LogP contribution in [0.1, 0.15) is 32.3 Å². The van der Waals surface area contributed by atoms with Crippen LogP contribution in [0.4, 0.5) is 5.69 Å². The van der Waals surface area contributed by atoms with Crippen LogP contribution in [-0.4, -0.2) is 23.6 Å². The van der Waals surface area contributed by atoms with Gasteiger partial charge < -0.3 is 15.7 Å². The predicted molar refractivity (Wildman–Crippen MR) is 76.3 cm³/mol. The van der Waals surface area contributed by atoms with Gasteiger partial charge in [-0.25, -0.2) is 0 Å². The number of carbonyl (C=O) groups is 1. The molecule has 1 atom stereocenters. The van der Waals surface area contributed by atoms with Gasteiger partial charge in [0.25, 0.3) is 0 Å². The molecule has 4 heteroatoms. The topological polar surface area (TPSA) is 61.4 Å². The molecule has 4 nitrogen and oxygen atoms in total. The molecule has 0 aliphatic carbocycles. The van der Waals surface area contributed by atoms with Gasteiger partial charge in [0.15, 0.2) is 0 Å². The molecule has 0 bridgehead atoms. The van der Waals surface area contributed by atoms with Gasteiger partial charge in [0.1, 0.15) is 5.75 Å². The van der Waals surface area contributed by atoms with E-state index in [2.05, 4.69) is 24.5 Å². The Kier molecular flexibility index (Phi) is 3.80. The lowest BCUT2D eigenvalue weighted by atomic mass is 9.77. The summed E-state index contributed by atoms with van der Waals surface area (Å²) in [4.78, 5) is 12.4. The van der Waals surface area contributed by atoms with Crippen molar-refractivity contribution in [3.8, 4) is 5.75 Å². The molecule has 0 spiro atoms. The summed E-state index contributed by atoms with van der Waals surface area (Å²) in [6.45, 7) is 6.98. The molecule has 1 aromatic carbocycles. The number of aromatic hydroxyl groups is 1. The van der Waals surface area contributed by atoms with Gasteiger partial charge in [0, 0.05) is 0 Å². The van der Waals surface area contributed by atoms with E-state index in [0.29, 0.717) is 5.69 Å². The number of anilines is 1. The second-order valence-electron chi connectivity index (χ2n) is 5.99. The van der Waals surface area contributed by atoms with Crippen LogP contribution in [0.15, 0.2) is 18.2 Å². The minimum absolute atomic E-state index is 0.0677.